The van der Waals surface area contributed by atoms with E-state index in [9.17, 15) is 9.50 Å². The van der Waals surface area contributed by atoms with Crippen LogP contribution in [0, 0.1) is 16.6 Å². The third-order valence-corrected chi connectivity index (χ3v) is 7.30. The molecule has 0 spiro atoms. The number of hydrogen-bond acceptors (Lipinski definition) is 7. The van der Waals surface area contributed by atoms with Gasteiger partial charge in [0, 0.05) is 28.8 Å². The van der Waals surface area contributed by atoms with E-state index in [-0.39, 0.29) is 28.9 Å². The zero-order valence-electron chi connectivity index (χ0n) is 19.7. The molecule has 2 saturated carbocycles. The highest BCUT2D eigenvalue weighted by atomic mass is 19.1. The maximum Gasteiger partial charge on any atom is 0.233 e. The normalized spacial score (nSPS) is 26.2. The number of nitrogens with zero attached hydrogens (tertiary/aromatic N) is 4. The number of halogens is 1. The Labute approximate surface area is 198 Å². The average Bonchev–Trinajstić information content (AvgIpc) is 2.79. The molecule has 34 heavy (non-hydrogen) atoms. The number of hydrogen-bond donors (Lipinski definition) is 1. The number of ether oxygens (including phenoxy) is 2. The first-order valence-electron chi connectivity index (χ1n) is 11.7. The second-order valence-corrected chi connectivity index (χ2v) is 10.4. The van der Waals surface area contributed by atoms with Gasteiger partial charge < -0.3 is 14.6 Å². The number of phenols is 1. The first-order valence-corrected chi connectivity index (χ1v) is 11.7. The fourth-order valence-electron chi connectivity index (χ4n) is 6.03. The van der Waals surface area contributed by atoms with Crippen LogP contribution in [0.1, 0.15) is 52.4 Å². The minimum Gasteiger partial charge on any atom is -0.507 e. The fourth-order valence-corrected chi connectivity index (χ4v) is 6.03. The Morgan fingerprint density at radius 1 is 0.971 bits per heavy atom. The Hall–Kier alpha value is -3.29. The smallest absolute Gasteiger partial charge is 0.233 e. The van der Waals surface area contributed by atoms with Crippen molar-refractivity contribution in [2.45, 2.75) is 58.5 Å². The Bertz CT molecular complexity index is 1190. The molecule has 178 valence electrons. The number of rotatable bonds is 5. The summed E-state index contributed by atoms with van der Waals surface area (Å²) in [6.45, 7) is 4.74. The lowest BCUT2D eigenvalue weighted by Gasteiger charge is -2.51. The topological polar surface area (TPSA) is 90.2 Å². The lowest BCUT2D eigenvalue weighted by atomic mass is 9.55. The Morgan fingerprint density at radius 2 is 1.74 bits per heavy atom. The van der Waals surface area contributed by atoms with E-state index in [0.29, 0.717) is 28.0 Å². The number of aromatic nitrogens is 4. The zero-order valence-corrected chi connectivity index (χ0v) is 19.7. The maximum atomic E-state index is 14.9. The Morgan fingerprint density at radius 3 is 2.41 bits per heavy atom. The van der Waals surface area contributed by atoms with Crippen molar-refractivity contribution < 1.29 is 19.0 Å². The van der Waals surface area contributed by atoms with E-state index in [1.165, 1.54) is 51.1 Å². The first kappa shape index (κ1) is 22.5. The number of aromatic hydroxyl groups is 1. The number of benzene rings is 1. The summed E-state index contributed by atoms with van der Waals surface area (Å²) in [5.74, 6) is 0.0651. The summed E-state index contributed by atoms with van der Waals surface area (Å²) in [6, 6.07) is 7.57. The summed E-state index contributed by atoms with van der Waals surface area (Å²) in [7, 11) is 1.46. The van der Waals surface area contributed by atoms with E-state index in [2.05, 4.69) is 34.2 Å². The van der Waals surface area contributed by atoms with Gasteiger partial charge in [-0.05, 0) is 61.1 Å². The second kappa shape index (κ2) is 8.49. The molecule has 2 bridgehead atoms. The van der Waals surface area contributed by atoms with Gasteiger partial charge in [0.2, 0.25) is 11.8 Å². The van der Waals surface area contributed by atoms with Gasteiger partial charge in [-0.25, -0.2) is 4.39 Å². The van der Waals surface area contributed by atoms with Crippen LogP contribution in [0.4, 0.5) is 4.39 Å². The molecule has 2 fully saturated rings. The van der Waals surface area contributed by atoms with Gasteiger partial charge in [-0.15, -0.1) is 15.3 Å². The molecule has 0 amide bonds. The van der Waals surface area contributed by atoms with Gasteiger partial charge in [0.15, 0.2) is 0 Å². The lowest BCUT2D eigenvalue weighted by molar-refractivity contribution is -0.0421. The SMILES string of the molecule is COc1cc(-c2cc(O)c(-c3ccc(O[C@H]4C[C@]5(C)CCC[C@](C)(C4)C5)nn3)cc2F)cnn1. The van der Waals surface area contributed by atoms with E-state index in [4.69, 9.17) is 9.47 Å². The van der Waals surface area contributed by atoms with Crippen LogP contribution in [0.15, 0.2) is 36.5 Å². The van der Waals surface area contributed by atoms with Gasteiger partial charge in [-0.3, -0.25) is 0 Å². The molecule has 3 aromatic rings. The van der Waals surface area contributed by atoms with Crippen molar-refractivity contribution in [1.29, 1.82) is 0 Å². The molecule has 1 aromatic carbocycles. The van der Waals surface area contributed by atoms with E-state index in [1.807, 2.05) is 0 Å². The molecule has 2 aromatic heterocycles. The van der Waals surface area contributed by atoms with Crippen molar-refractivity contribution >= 4 is 0 Å². The van der Waals surface area contributed by atoms with Crippen LogP contribution < -0.4 is 9.47 Å². The highest BCUT2D eigenvalue weighted by Gasteiger charge is 2.47. The standard InChI is InChI=1S/C26H29FN4O3/c1-25-7-4-8-26(2,15-25)13-17(12-25)34-23-6-5-21(29-31-23)19-10-20(27)18(11-22(19)32)16-9-24(33-3)30-28-14-16/h5-6,9-11,14,17,32H,4,7-8,12-13,15H2,1-3H3/t17-,25-,26+. The van der Waals surface area contributed by atoms with Crippen LogP contribution in [0.3, 0.4) is 0 Å². The molecule has 2 aliphatic carbocycles. The quantitative estimate of drug-likeness (QED) is 0.527. The van der Waals surface area contributed by atoms with Gasteiger partial charge in [-0.2, -0.15) is 5.10 Å². The molecule has 0 unspecified atom stereocenters. The van der Waals surface area contributed by atoms with Crippen molar-refractivity contribution in [2.24, 2.45) is 10.8 Å². The largest absolute Gasteiger partial charge is 0.507 e. The van der Waals surface area contributed by atoms with Crippen molar-refractivity contribution in [2.75, 3.05) is 7.11 Å². The third kappa shape index (κ3) is 4.41. The number of phenolic OH excluding ortho intramolecular Hbond substituents is 1. The maximum absolute atomic E-state index is 14.9. The van der Waals surface area contributed by atoms with E-state index < -0.39 is 5.82 Å². The molecule has 0 saturated heterocycles. The predicted octanol–water partition coefficient (Wildman–Crippen LogP) is 5.58. The van der Waals surface area contributed by atoms with E-state index in [1.54, 1.807) is 18.2 Å². The molecule has 3 atom stereocenters. The van der Waals surface area contributed by atoms with E-state index >= 15 is 0 Å². The Balaban J connectivity index is 1.35. The third-order valence-electron chi connectivity index (χ3n) is 7.30. The van der Waals surface area contributed by atoms with Crippen LogP contribution >= 0.6 is 0 Å². The molecule has 1 N–H and O–H groups in total. The molecule has 8 heteroatoms. The average molecular weight is 465 g/mol. The van der Waals surface area contributed by atoms with Crippen molar-refractivity contribution in [3.8, 4) is 39.9 Å². The van der Waals surface area contributed by atoms with Crippen LogP contribution in [0.25, 0.3) is 22.4 Å². The minimum absolute atomic E-state index is 0.111. The number of methoxy groups -OCH3 is 1. The predicted molar refractivity (Wildman–Crippen MR) is 125 cm³/mol. The van der Waals surface area contributed by atoms with Gasteiger partial charge in [-0.1, -0.05) is 20.3 Å². The van der Waals surface area contributed by atoms with E-state index in [0.717, 1.165) is 12.8 Å². The van der Waals surface area contributed by atoms with Gasteiger partial charge >= 0.3 is 0 Å². The minimum atomic E-state index is -0.528. The summed E-state index contributed by atoms with van der Waals surface area (Å²) in [6.07, 6.45) is 8.60. The van der Waals surface area contributed by atoms with Crippen LogP contribution in [0.5, 0.6) is 17.5 Å². The van der Waals surface area contributed by atoms with Crippen LogP contribution in [-0.2, 0) is 0 Å². The lowest BCUT2D eigenvalue weighted by Crippen LogP contribution is -2.45. The van der Waals surface area contributed by atoms with Gasteiger partial charge in [0.25, 0.3) is 0 Å². The summed E-state index contributed by atoms with van der Waals surface area (Å²) < 4.78 is 26.2. The summed E-state index contributed by atoms with van der Waals surface area (Å²) in [5.41, 5.74) is 1.89. The molecule has 5 rings (SSSR count). The molecule has 2 aliphatic rings. The summed E-state index contributed by atoms with van der Waals surface area (Å²) >= 11 is 0. The van der Waals surface area contributed by atoms with Crippen LogP contribution in [0.2, 0.25) is 0 Å². The van der Waals surface area contributed by atoms with Crippen molar-refractivity contribution in [3.05, 3.63) is 42.3 Å². The molecule has 0 aliphatic heterocycles. The van der Waals surface area contributed by atoms with Crippen molar-refractivity contribution in [1.82, 2.24) is 20.4 Å². The first-order chi connectivity index (χ1) is 16.3. The van der Waals surface area contributed by atoms with Gasteiger partial charge in [0.1, 0.15) is 17.7 Å². The van der Waals surface area contributed by atoms with Crippen LogP contribution in [-0.4, -0.2) is 38.7 Å². The molecular formula is C26H29FN4O3. The molecule has 2 heterocycles. The summed E-state index contributed by atoms with van der Waals surface area (Å²) in [4.78, 5) is 0. The molecule has 7 nitrogen and oxygen atoms in total. The number of fused-ring (bicyclic) bond motifs is 2. The monoisotopic (exact) mass is 464 g/mol. The summed E-state index contributed by atoms with van der Waals surface area (Å²) in [5, 5.41) is 26.6. The highest BCUT2D eigenvalue weighted by Crippen LogP contribution is 2.55. The fraction of sp³-hybridized carbons (Fsp3) is 0.462. The molecular weight excluding hydrogens is 435 g/mol. The van der Waals surface area contributed by atoms with Crippen molar-refractivity contribution in [3.63, 3.8) is 0 Å². The van der Waals surface area contributed by atoms with Gasteiger partial charge in [0.05, 0.1) is 19.0 Å². The Kier molecular flexibility index (Phi) is 5.62. The zero-order chi connectivity index (χ0) is 23.9. The highest BCUT2D eigenvalue weighted by molar-refractivity contribution is 5.74. The molecule has 0 radical (unpaired) electrons. The second-order valence-electron chi connectivity index (χ2n) is 10.4.